The Morgan fingerprint density at radius 2 is 1.78 bits per heavy atom. The molecule has 1 fully saturated rings. The maximum absolute atomic E-state index is 12.9. The molecule has 124 valence electrons. The molecule has 3 nitrogen and oxygen atoms in total. The average Bonchev–Trinajstić information content (AvgIpc) is 2.43. The van der Waals surface area contributed by atoms with Crippen LogP contribution in [0.2, 0.25) is 0 Å². The van der Waals surface area contributed by atoms with Crippen molar-refractivity contribution >= 4 is 11.6 Å². The van der Waals surface area contributed by atoms with Gasteiger partial charge in [-0.25, -0.2) is 0 Å². The number of aromatic hydroxyl groups is 1. The van der Waals surface area contributed by atoms with Crippen molar-refractivity contribution in [2.24, 2.45) is 11.3 Å². The zero-order valence-electron chi connectivity index (χ0n) is 14.7. The molecule has 0 unspecified atom stereocenters. The summed E-state index contributed by atoms with van der Waals surface area (Å²) in [5.41, 5.74) is 1.55. The summed E-state index contributed by atoms with van der Waals surface area (Å²) in [7, 11) is 0. The van der Waals surface area contributed by atoms with E-state index in [0.717, 1.165) is 30.4 Å². The van der Waals surface area contributed by atoms with Crippen LogP contribution in [0.15, 0.2) is 12.1 Å². The Kier molecular flexibility index (Phi) is 3.48. The van der Waals surface area contributed by atoms with Crippen LogP contribution in [0, 0.1) is 11.3 Å². The lowest BCUT2D eigenvalue weighted by Crippen LogP contribution is -2.54. The number of carbonyl (C=O) groups excluding carboxylic acids is 2. The fourth-order valence-corrected chi connectivity index (χ4v) is 4.99. The third-order valence-corrected chi connectivity index (χ3v) is 6.07. The number of phenolic OH excluding ortho intramolecular Hbond substituents is 1. The average molecular weight is 314 g/mol. The van der Waals surface area contributed by atoms with Gasteiger partial charge in [0, 0.05) is 16.9 Å². The van der Waals surface area contributed by atoms with Crippen molar-refractivity contribution in [2.75, 3.05) is 0 Å². The molecule has 23 heavy (non-hydrogen) atoms. The van der Waals surface area contributed by atoms with Crippen LogP contribution < -0.4 is 0 Å². The van der Waals surface area contributed by atoms with Crippen LogP contribution >= 0.6 is 0 Å². The first-order valence-corrected chi connectivity index (χ1v) is 8.55. The number of ketones is 2. The van der Waals surface area contributed by atoms with Gasteiger partial charge in [0.1, 0.15) is 5.75 Å². The summed E-state index contributed by atoms with van der Waals surface area (Å²) in [6.07, 6.45) is 2.87. The Morgan fingerprint density at radius 1 is 1.13 bits per heavy atom. The molecule has 3 rings (SSSR count). The largest absolute Gasteiger partial charge is 0.508 e. The summed E-state index contributed by atoms with van der Waals surface area (Å²) in [6, 6.07) is 3.50. The van der Waals surface area contributed by atoms with Crippen LogP contribution in [0.3, 0.4) is 0 Å². The second kappa shape index (κ2) is 4.93. The minimum atomic E-state index is -0.376. The van der Waals surface area contributed by atoms with E-state index >= 15 is 0 Å². The molecule has 1 aromatic carbocycles. The van der Waals surface area contributed by atoms with E-state index in [-0.39, 0.29) is 40.0 Å². The highest BCUT2D eigenvalue weighted by molar-refractivity contribution is 6.46. The monoisotopic (exact) mass is 314 g/mol. The van der Waals surface area contributed by atoms with E-state index in [1.807, 2.05) is 13.8 Å². The quantitative estimate of drug-likeness (QED) is 0.783. The third kappa shape index (κ3) is 2.16. The minimum absolute atomic E-state index is 0.108. The van der Waals surface area contributed by atoms with Crippen molar-refractivity contribution < 1.29 is 14.7 Å². The van der Waals surface area contributed by atoms with E-state index in [1.165, 1.54) is 0 Å². The highest BCUT2D eigenvalue weighted by atomic mass is 16.3. The van der Waals surface area contributed by atoms with E-state index in [2.05, 4.69) is 20.8 Å². The van der Waals surface area contributed by atoms with Gasteiger partial charge in [-0.05, 0) is 47.4 Å². The number of hydrogen-bond donors (Lipinski definition) is 1. The van der Waals surface area contributed by atoms with Crippen molar-refractivity contribution in [3.8, 4) is 5.75 Å². The summed E-state index contributed by atoms with van der Waals surface area (Å²) in [4.78, 5) is 25.7. The zero-order valence-corrected chi connectivity index (χ0v) is 14.7. The maximum atomic E-state index is 12.9. The summed E-state index contributed by atoms with van der Waals surface area (Å²) >= 11 is 0. The molecule has 2 aliphatic carbocycles. The van der Waals surface area contributed by atoms with E-state index in [4.69, 9.17) is 0 Å². The molecule has 1 N–H and O–H groups in total. The van der Waals surface area contributed by atoms with Crippen molar-refractivity contribution in [2.45, 2.75) is 65.2 Å². The van der Waals surface area contributed by atoms with Gasteiger partial charge in [0.05, 0.1) is 0 Å². The van der Waals surface area contributed by atoms with Crippen molar-refractivity contribution in [1.82, 2.24) is 0 Å². The number of benzene rings is 1. The van der Waals surface area contributed by atoms with Gasteiger partial charge in [-0.3, -0.25) is 9.59 Å². The van der Waals surface area contributed by atoms with Gasteiger partial charge < -0.3 is 5.11 Å². The molecule has 0 spiro atoms. The topological polar surface area (TPSA) is 54.4 Å². The van der Waals surface area contributed by atoms with Crippen LogP contribution in [0.25, 0.3) is 0 Å². The Balaban J connectivity index is 2.28. The molecule has 2 atom stereocenters. The molecule has 2 aliphatic rings. The molecule has 0 aliphatic heterocycles. The van der Waals surface area contributed by atoms with Crippen LogP contribution in [-0.4, -0.2) is 16.7 Å². The number of hydrogen-bond acceptors (Lipinski definition) is 3. The van der Waals surface area contributed by atoms with Gasteiger partial charge >= 0.3 is 0 Å². The second-order valence-electron chi connectivity index (χ2n) is 8.50. The van der Waals surface area contributed by atoms with Gasteiger partial charge in [0.2, 0.25) is 11.6 Å². The van der Waals surface area contributed by atoms with Crippen LogP contribution in [0.1, 0.15) is 81.3 Å². The maximum Gasteiger partial charge on any atom is 0.229 e. The van der Waals surface area contributed by atoms with Gasteiger partial charge in [-0.2, -0.15) is 0 Å². The Labute approximate surface area is 138 Å². The van der Waals surface area contributed by atoms with Crippen molar-refractivity contribution in [1.29, 1.82) is 0 Å². The molecule has 0 saturated heterocycles. The highest BCUT2D eigenvalue weighted by Gasteiger charge is 2.56. The molecule has 0 radical (unpaired) electrons. The lowest BCUT2D eigenvalue weighted by molar-refractivity contribution is -0.128. The summed E-state index contributed by atoms with van der Waals surface area (Å²) in [5.74, 6) is -0.571. The predicted octanol–water partition coefficient (Wildman–Crippen LogP) is 4.37. The Hall–Kier alpha value is -1.64. The van der Waals surface area contributed by atoms with E-state index in [9.17, 15) is 14.7 Å². The zero-order chi connectivity index (χ0) is 17.2. The first kappa shape index (κ1) is 16.2. The van der Waals surface area contributed by atoms with Crippen molar-refractivity contribution in [3.63, 3.8) is 0 Å². The summed E-state index contributed by atoms with van der Waals surface area (Å²) < 4.78 is 0. The van der Waals surface area contributed by atoms with Gasteiger partial charge in [0.25, 0.3) is 0 Å². The normalized spacial score (nSPS) is 29.4. The minimum Gasteiger partial charge on any atom is -0.508 e. The van der Waals surface area contributed by atoms with Gasteiger partial charge in [0.15, 0.2) is 0 Å². The molecular formula is C20H26O3. The number of Topliss-reactive ketones (excluding diaryl/α,β-unsaturated/α-hetero) is 2. The number of carbonyl (C=O) groups is 2. The van der Waals surface area contributed by atoms with E-state index in [0.29, 0.717) is 5.56 Å². The molecule has 1 saturated carbocycles. The molecular weight excluding hydrogens is 288 g/mol. The molecule has 0 bridgehead atoms. The van der Waals surface area contributed by atoms with Crippen molar-refractivity contribution in [3.05, 3.63) is 28.8 Å². The van der Waals surface area contributed by atoms with Crippen LogP contribution in [0.5, 0.6) is 5.75 Å². The number of rotatable bonds is 1. The summed E-state index contributed by atoms with van der Waals surface area (Å²) in [6.45, 7) is 10.2. The molecule has 0 aromatic heterocycles. The molecule has 0 amide bonds. The summed E-state index contributed by atoms with van der Waals surface area (Å²) in [5, 5.41) is 10.4. The first-order valence-electron chi connectivity index (χ1n) is 8.55. The molecule has 3 heteroatoms. The first-order chi connectivity index (χ1) is 10.6. The highest BCUT2D eigenvalue weighted by Crippen LogP contribution is 2.56. The van der Waals surface area contributed by atoms with Gasteiger partial charge in [-0.1, -0.05) is 41.0 Å². The second-order valence-corrected chi connectivity index (χ2v) is 8.50. The number of phenols is 1. The lowest BCUT2D eigenvalue weighted by atomic mass is 9.49. The molecule has 1 aromatic rings. The Morgan fingerprint density at radius 3 is 2.39 bits per heavy atom. The predicted molar refractivity (Wildman–Crippen MR) is 90.0 cm³/mol. The number of fused-ring (bicyclic) bond motifs is 3. The standard InChI is InChI=1S/C20H26O3/c1-11(2)12-9-13-14(10-15(12)21)20(5)8-6-7-19(3,4)18(20)17(23)16(13)22/h9-11,18,21H,6-8H2,1-5H3/t18-,20-/m1/s1. The fraction of sp³-hybridized carbons (Fsp3) is 0.600. The smallest absolute Gasteiger partial charge is 0.229 e. The lowest BCUT2D eigenvalue weighted by Gasteiger charge is -2.52. The Bertz CT molecular complexity index is 699. The van der Waals surface area contributed by atoms with E-state index < -0.39 is 0 Å². The van der Waals surface area contributed by atoms with Crippen LogP contribution in [-0.2, 0) is 10.2 Å². The SMILES string of the molecule is CC(C)c1cc2c(cc1O)[C@@]1(C)CCCC(C)(C)[C@H]1C(=O)C2=O. The van der Waals surface area contributed by atoms with Gasteiger partial charge in [-0.15, -0.1) is 0 Å². The third-order valence-electron chi connectivity index (χ3n) is 6.07. The fourth-order valence-electron chi connectivity index (χ4n) is 4.99. The van der Waals surface area contributed by atoms with E-state index in [1.54, 1.807) is 12.1 Å². The van der Waals surface area contributed by atoms with Crippen LogP contribution in [0.4, 0.5) is 0 Å². The molecule has 0 heterocycles.